The van der Waals surface area contributed by atoms with E-state index in [4.69, 9.17) is 9.72 Å². The van der Waals surface area contributed by atoms with Crippen LogP contribution >= 0.6 is 0 Å². The lowest BCUT2D eigenvalue weighted by molar-refractivity contribution is 0.0208. The maximum Gasteiger partial charge on any atom is 0.140 e. The van der Waals surface area contributed by atoms with Crippen LogP contribution in [0.4, 0.5) is 0 Å². The molecule has 0 bridgehead atoms. The van der Waals surface area contributed by atoms with Gasteiger partial charge in [0.15, 0.2) is 0 Å². The fourth-order valence-corrected chi connectivity index (χ4v) is 2.35. The number of morpholine rings is 1. The minimum atomic E-state index is 0.0708. The third-order valence-corrected chi connectivity index (χ3v) is 3.29. The Morgan fingerprint density at radius 3 is 3.12 bits per heavy atom. The number of rotatable bonds is 1. The molecule has 3 rings (SSSR count). The number of ether oxygens (including phenoxy) is 1. The molecule has 2 aromatic rings. The van der Waals surface area contributed by atoms with Gasteiger partial charge in [-0.1, -0.05) is 6.07 Å². The topological polar surface area (TPSA) is 39.1 Å². The molecule has 1 saturated heterocycles. The molecule has 4 nitrogen and oxygen atoms in total. The van der Waals surface area contributed by atoms with Gasteiger partial charge in [0.2, 0.25) is 0 Å². The zero-order valence-electron chi connectivity index (χ0n) is 10.2. The van der Waals surface area contributed by atoms with Crippen molar-refractivity contribution in [1.29, 1.82) is 0 Å². The lowest BCUT2D eigenvalue weighted by Gasteiger charge is -2.23. The summed E-state index contributed by atoms with van der Waals surface area (Å²) in [7, 11) is 2.05. The van der Waals surface area contributed by atoms with E-state index in [0.29, 0.717) is 0 Å². The first-order chi connectivity index (χ1) is 8.25. The van der Waals surface area contributed by atoms with E-state index >= 15 is 0 Å². The number of aromatic nitrogens is 2. The first-order valence-electron chi connectivity index (χ1n) is 6.01. The van der Waals surface area contributed by atoms with Gasteiger partial charge in [-0.25, -0.2) is 4.98 Å². The standard InChI is InChI=1S/C13H17N3O/c1-9-3-4-11-10(7-9)15-13(16(11)2)12-8-14-5-6-17-12/h3-4,7,12,14H,5-6,8H2,1-2H3. The number of hydrogen-bond acceptors (Lipinski definition) is 3. The van der Waals surface area contributed by atoms with Crippen LogP contribution < -0.4 is 5.32 Å². The molecule has 1 aromatic heterocycles. The lowest BCUT2D eigenvalue weighted by Crippen LogP contribution is -2.34. The Labute approximate surface area is 101 Å². The van der Waals surface area contributed by atoms with Crippen LogP contribution in [0.2, 0.25) is 0 Å². The van der Waals surface area contributed by atoms with E-state index in [-0.39, 0.29) is 6.10 Å². The smallest absolute Gasteiger partial charge is 0.140 e. The molecule has 0 spiro atoms. The zero-order chi connectivity index (χ0) is 11.8. The number of benzene rings is 1. The van der Waals surface area contributed by atoms with E-state index in [2.05, 4.69) is 42.1 Å². The van der Waals surface area contributed by atoms with Gasteiger partial charge in [-0.3, -0.25) is 0 Å². The van der Waals surface area contributed by atoms with E-state index in [0.717, 1.165) is 31.0 Å². The Hall–Kier alpha value is -1.39. The predicted octanol–water partition coefficient (Wildman–Crippen LogP) is 1.54. The summed E-state index contributed by atoms with van der Waals surface area (Å²) in [4.78, 5) is 4.69. The molecule has 0 amide bonds. The molecule has 0 saturated carbocycles. The maximum atomic E-state index is 5.76. The first kappa shape index (κ1) is 10.7. The van der Waals surface area contributed by atoms with Crippen LogP contribution in [-0.4, -0.2) is 29.2 Å². The molecule has 1 N–H and O–H groups in total. The number of fused-ring (bicyclic) bond motifs is 1. The van der Waals surface area contributed by atoms with Crippen molar-refractivity contribution in [1.82, 2.24) is 14.9 Å². The Balaban J connectivity index is 2.07. The number of hydrogen-bond donors (Lipinski definition) is 1. The van der Waals surface area contributed by atoms with Crippen molar-refractivity contribution in [3.05, 3.63) is 29.6 Å². The Kier molecular flexibility index (Phi) is 2.61. The molecule has 1 aliphatic heterocycles. The minimum absolute atomic E-state index is 0.0708. The zero-order valence-corrected chi connectivity index (χ0v) is 10.2. The molecule has 0 radical (unpaired) electrons. The minimum Gasteiger partial charge on any atom is -0.368 e. The van der Waals surface area contributed by atoms with Gasteiger partial charge < -0.3 is 14.6 Å². The Bertz CT molecular complexity index is 541. The van der Waals surface area contributed by atoms with Crippen molar-refractivity contribution in [3.8, 4) is 0 Å². The third-order valence-electron chi connectivity index (χ3n) is 3.29. The summed E-state index contributed by atoms with van der Waals surface area (Å²) in [6, 6.07) is 6.36. The van der Waals surface area contributed by atoms with Crippen molar-refractivity contribution >= 4 is 11.0 Å². The van der Waals surface area contributed by atoms with Crippen LogP contribution in [0, 0.1) is 6.92 Å². The molecule has 1 fully saturated rings. The van der Waals surface area contributed by atoms with E-state index in [9.17, 15) is 0 Å². The summed E-state index contributed by atoms with van der Waals surface area (Å²) in [6.45, 7) is 4.62. The number of imidazole rings is 1. The van der Waals surface area contributed by atoms with Crippen molar-refractivity contribution < 1.29 is 4.74 Å². The normalized spacial score (nSPS) is 20.9. The van der Waals surface area contributed by atoms with Gasteiger partial charge in [0.05, 0.1) is 17.6 Å². The second-order valence-electron chi connectivity index (χ2n) is 4.58. The summed E-state index contributed by atoms with van der Waals surface area (Å²) in [5.74, 6) is 1.01. The van der Waals surface area contributed by atoms with E-state index in [1.54, 1.807) is 0 Å². The highest BCUT2D eigenvalue weighted by Gasteiger charge is 2.21. The third kappa shape index (κ3) is 1.83. The van der Waals surface area contributed by atoms with Crippen LogP contribution in [0.3, 0.4) is 0 Å². The monoisotopic (exact) mass is 231 g/mol. The fourth-order valence-electron chi connectivity index (χ4n) is 2.35. The summed E-state index contributed by atoms with van der Waals surface area (Å²) in [6.07, 6.45) is 0.0708. The summed E-state index contributed by atoms with van der Waals surface area (Å²) in [5.41, 5.74) is 3.46. The Morgan fingerprint density at radius 2 is 2.35 bits per heavy atom. The number of nitrogens with one attached hydrogen (secondary N) is 1. The average molecular weight is 231 g/mol. The molecular formula is C13H17N3O. The van der Waals surface area contributed by atoms with Crippen molar-refractivity contribution in [2.24, 2.45) is 7.05 Å². The molecule has 0 aliphatic carbocycles. The van der Waals surface area contributed by atoms with E-state index in [1.165, 1.54) is 11.1 Å². The molecule has 90 valence electrons. The molecular weight excluding hydrogens is 214 g/mol. The van der Waals surface area contributed by atoms with Crippen LogP contribution in [0.5, 0.6) is 0 Å². The van der Waals surface area contributed by atoms with Gasteiger partial charge >= 0.3 is 0 Å². The second-order valence-corrected chi connectivity index (χ2v) is 4.58. The molecule has 1 atom stereocenters. The molecule has 1 unspecified atom stereocenters. The van der Waals surface area contributed by atoms with Gasteiger partial charge in [0, 0.05) is 20.1 Å². The van der Waals surface area contributed by atoms with Crippen LogP contribution in [0.25, 0.3) is 11.0 Å². The number of nitrogens with zero attached hydrogens (tertiary/aromatic N) is 2. The molecule has 4 heteroatoms. The van der Waals surface area contributed by atoms with Gasteiger partial charge in [-0.15, -0.1) is 0 Å². The van der Waals surface area contributed by atoms with Crippen molar-refractivity contribution in [3.63, 3.8) is 0 Å². The van der Waals surface area contributed by atoms with Crippen molar-refractivity contribution in [2.45, 2.75) is 13.0 Å². The highest BCUT2D eigenvalue weighted by molar-refractivity contribution is 5.76. The van der Waals surface area contributed by atoms with Crippen molar-refractivity contribution in [2.75, 3.05) is 19.7 Å². The molecule has 2 heterocycles. The lowest BCUT2D eigenvalue weighted by atomic mass is 10.2. The SMILES string of the molecule is Cc1ccc2c(c1)nc(C1CNCCO1)n2C. The van der Waals surface area contributed by atoms with E-state index < -0.39 is 0 Å². The quantitative estimate of drug-likeness (QED) is 0.809. The second kappa shape index (κ2) is 4.13. The highest BCUT2D eigenvalue weighted by atomic mass is 16.5. The first-order valence-corrected chi connectivity index (χ1v) is 6.01. The fraction of sp³-hybridized carbons (Fsp3) is 0.462. The summed E-state index contributed by atoms with van der Waals surface area (Å²) >= 11 is 0. The predicted molar refractivity (Wildman–Crippen MR) is 67.0 cm³/mol. The average Bonchev–Trinajstić information content (AvgIpc) is 2.67. The highest BCUT2D eigenvalue weighted by Crippen LogP contribution is 2.23. The number of aryl methyl sites for hydroxylation is 2. The molecule has 1 aromatic carbocycles. The summed E-state index contributed by atoms with van der Waals surface area (Å²) in [5, 5.41) is 3.34. The molecule has 17 heavy (non-hydrogen) atoms. The van der Waals surface area contributed by atoms with Gasteiger partial charge in [0.1, 0.15) is 11.9 Å². The maximum absolute atomic E-state index is 5.76. The molecule has 1 aliphatic rings. The van der Waals surface area contributed by atoms with E-state index in [1.807, 2.05) is 0 Å². The summed E-state index contributed by atoms with van der Waals surface area (Å²) < 4.78 is 7.89. The van der Waals surface area contributed by atoms with Gasteiger partial charge in [-0.05, 0) is 24.6 Å². The Morgan fingerprint density at radius 1 is 1.47 bits per heavy atom. The largest absolute Gasteiger partial charge is 0.368 e. The van der Waals surface area contributed by atoms with Crippen LogP contribution in [0.1, 0.15) is 17.5 Å². The van der Waals surface area contributed by atoms with Gasteiger partial charge in [-0.2, -0.15) is 0 Å². The van der Waals surface area contributed by atoms with Crippen LogP contribution in [-0.2, 0) is 11.8 Å². The van der Waals surface area contributed by atoms with Gasteiger partial charge in [0.25, 0.3) is 0 Å². The van der Waals surface area contributed by atoms with Crippen LogP contribution in [0.15, 0.2) is 18.2 Å².